The fourth-order valence-corrected chi connectivity index (χ4v) is 5.96. The summed E-state index contributed by atoms with van der Waals surface area (Å²) >= 11 is 0.989. The van der Waals surface area contributed by atoms with E-state index in [0.717, 1.165) is 64.7 Å². The number of rotatable bonds is 8. The number of aromatic carboxylic acids is 1. The topological polar surface area (TPSA) is 129 Å². The van der Waals surface area contributed by atoms with E-state index in [4.69, 9.17) is 5.11 Å². The number of carbonyl (C=O) groups excluding carboxylic acids is 3. The van der Waals surface area contributed by atoms with Crippen LogP contribution in [0.15, 0.2) is 47.8 Å². The molecule has 2 heterocycles. The highest BCUT2D eigenvalue weighted by molar-refractivity contribution is 7.14. The summed E-state index contributed by atoms with van der Waals surface area (Å²) in [6, 6.07) is 11.5. The number of fused-ring (bicyclic) bond motifs is 1. The maximum Gasteiger partial charge on any atom is 0.355 e. The zero-order chi connectivity index (χ0) is 25.9. The van der Waals surface area contributed by atoms with Crippen molar-refractivity contribution < 1.29 is 24.3 Å². The molecule has 0 radical (unpaired) electrons. The number of carboxylic acids is 1. The van der Waals surface area contributed by atoms with Crippen molar-refractivity contribution in [1.29, 1.82) is 0 Å². The molecule has 2 unspecified atom stereocenters. The third kappa shape index (κ3) is 5.48. The van der Waals surface area contributed by atoms with Gasteiger partial charge in [0.25, 0.3) is 5.91 Å². The summed E-state index contributed by atoms with van der Waals surface area (Å²) in [5.74, 6) is -1.94. The second-order valence-electron chi connectivity index (χ2n) is 9.68. The molecular weight excluding hydrogens is 492 g/mol. The predicted octanol–water partition coefficient (Wildman–Crippen LogP) is 4.44. The molecule has 1 saturated heterocycles. The van der Waals surface area contributed by atoms with Crippen LogP contribution in [0.1, 0.15) is 54.6 Å². The molecule has 3 N–H and O–H groups in total. The van der Waals surface area contributed by atoms with Gasteiger partial charge in [0.2, 0.25) is 5.91 Å². The molecule has 5 rings (SSSR count). The standard InChI is InChI=1S/C27H28N4O5S/c32-23(30-26-28-21(15-37-26)25(34)35)22(14-16-6-2-1-3-7-16)31-24(33)20(29-27(31)36)13-17-10-11-18-8-4-5-9-19(18)12-17/h4-5,8-12,15-16,20,22H,1-3,6-7,13-14H2,(H,29,36)(H,34,35)(H,28,30,32). The van der Waals surface area contributed by atoms with E-state index < -0.39 is 35.9 Å². The molecule has 1 aliphatic heterocycles. The average Bonchev–Trinajstić information content (AvgIpc) is 3.47. The molecule has 3 aromatic rings. The van der Waals surface area contributed by atoms with Gasteiger partial charge in [-0.15, -0.1) is 11.3 Å². The van der Waals surface area contributed by atoms with E-state index in [0.29, 0.717) is 12.8 Å². The van der Waals surface area contributed by atoms with Gasteiger partial charge in [0.05, 0.1) is 0 Å². The normalized spacial score (nSPS) is 19.1. The Bertz CT molecular complexity index is 1350. The van der Waals surface area contributed by atoms with E-state index >= 15 is 0 Å². The number of imide groups is 1. The van der Waals surface area contributed by atoms with E-state index in [1.807, 2.05) is 42.5 Å². The number of anilines is 1. The highest BCUT2D eigenvalue weighted by atomic mass is 32.1. The van der Waals surface area contributed by atoms with Crippen LogP contribution in [-0.2, 0) is 16.0 Å². The number of hydrogen-bond acceptors (Lipinski definition) is 6. The molecule has 2 atom stereocenters. The lowest BCUT2D eigenvalue weighted by Gasteiger charge is -2.30. The first-order valence-corrected chi connectivity index (χ1v) is 13.4. The monoisotopic (exact) mass is 520 g/mol. The maximum atomic E-state index is 13.5. The van der Waals surface area contributed by atoms with E-state index in [9.17, 15) is 19.2 Å². The first-order valence-electron chi connectivity index (χ1n) is 12.5. The summed E-state index contributed by atoms with van der Waals surface area (Å²) in [5, 5.41) is 18.1. The lowest BCUT2D eigenvalue weighted by atomic mass is 9.84. The first-order chi connectivity index (χ1) is 17.9. The molecule has 1 aliphatic carbocycles. The summed E-state index contributed by atoms with van der Waals surface area (Å²) in [5.41, 5.74) is 0.742. The zero-order valence-electron chi connectivity index (χ0n) is 20.2. The highest BCUT2D eigenvalue weighted by Crippen LogP contribution is 2.31. The van der Waals surface area contributed by atoms with Crippen LogP contribution in [0, 0.1) is 5.92 Å². The summed E-state index contributed by atoms with van der Waals surface area (Å²) in [6.07, 6.45) is 5.81. The van der Waals surface area contributed by atoms with Gasteiger partial charge in [-0.1, -0.05) is 74.6 Å². The van der Waals surface area contributed by atoms with Crippen molar-refractivity contribution >= 4 is 51.1 Å². The van der Waals surface area contributed by atoms with Gasteiger partial charge in [-0.05, 0) is 28.7 Å². The smallest absolute Gasteiger partial charge is 0.355 e. The Morgan fingerprint density at radius 1 is 1.11 bits per heavy atom. The maximum absolute atomic E-state index is 13.5. The van der Waals surface area contributed by atoms with Crippen molar-refractivity contribution in [3.63, 3.8) is 0 Å². The van der Waals surface area contributed by atoms with Crippen LogP contribution in [0.4, 0.5) is 9.93 Å². The van der Waals surface area contributed by atoms with Crippen LogP contribution in [0.25, 0.3) is 10.8 Å². The summed E-state index contributed by atoms with van der Waals surface area (Å²) in [4.78, 5) is 56.1. The number of hydrogen-bond donors (Lipinski definition) is 3. The minimum Gasteiger partial charge on any atom is -0.476 e. The molecule has 9 nitrogen and oxygen atoms in total. The number of nitrogens with zero attached hydrogens (tertiary/aromatic N) is 2. The van der Waals surface area contributed by atoms with Crippen LogP contribution in [0.2, 0.25) is 0 Å². The Balaban J connectivity index is 1.35. The number of nitrogens with one attached hydrogen (secondary N) is 2. The van der Waals surface area contributed by atoms with Crippen molar-refractivity contribution in [2.45, 2.75) is 57.0 Å². The van der Waals surface area contributed by atoms with E-state index in [-0.39, 0.29) is 16.7 Å². The van der Waals surface area contributed by atoms with Crippen LogP contribution in [0.5, 0.6) is 0 Å². The van der Waals surface area contributed by atoms with Gasteiger partial charge in [0.15, 0.2) is 10.8 Å². The van der Waals surface area contributed by atoms with Crippen molar-refractivity contribution in [2.24, 2.45) is 5.92 Å². The van der Waals surface area contributed by atoms with Crippen molar-refractivity contribution in [1.82, 2.24) is 15.2 Å². The SMILES string of the molecule is O=C(O)c1csc(NC(=O)C(CC2CCCCC2)N2C(=O)NC(Cc3ccc4ccccc4c3)C2=O)n1. The quantitative estimate of drug-likeness (QED) is 0.377. The lowest BCUT2D eigenvalue weighted by molar-refractivity contribution is -0.134. The number of carboxylic acid groups (broad SMARTS) is 1. The Labute approximate surface area is 217 Å². The third-order valence-corrected chi connectivity index (χ3v) is 7.91. The molecule has 0 bridgehead atoms. The molecule has 2 fully saturated rings. The van der Waals surface area contributed by atoms with E-state index in [1.54, 1.807) is 0 Å². The Morgan fingerprint density at radius 2 is 1.86 bits per heavy atom. The number of urea groups is 1. The molecule has 1 aromatic heterocycles. The largest absolute Gasteiger partial charge is 0.476 e. The van der Waals surface area contributed by atoms with Crippen molar-refractivity contribution in [3.05, 3.63) is 59.1 Å². The average molecular weight is 521 g/mol. The first kappa shape index (κ1) is 24.9. The fraction of sp³-hybridized carbons (Fsp3) is 0.370. The van der Waals surface area contributed by atoms with Gasteiger partial charge in [0.1, 0.15) is 12.1 Å². The van der Waals surface area contributed by atoms with E-state index in [2.05, 4.69) is 15.6 Å². The lowest BCUT2D eigenvalue weighted by Crippen LogP contribution is -2.49. The van der Waals surface area contributed by atoms with Crippen LogP contribution >= 0.6 is 11.3 Å². The second-order valence-corrected chi connectivity index (χ2v) is 10.5. The number of aromatic nitrogens is 1. The van der Waals surface area contributed by atoms with Gasteiger partial charge in [-0.3, -0.25) is 9.59 Å². The van der Waals surface area contributed by atoms with Crippen molar-refractivity contribution in [3.8, 4) is 0 Å². The third-order valence-electron chi connectivity index (χ3n) is 7.15. The minimum absolute atomic E-state index is 0.121. The summed E-state index contributed by atoms with van der Waals surface area (Å²) < 4.78 is 0. The second kappa shape index (κ2) is 10.7. The van der Waals surface area contributed by atoms with Gasteiger partial charge in [0, 0.05) is 11.8 Å². The highest BCUT2D eigenvalue weighted by Gasteiger charge is 2.45. The molecule has 4 amide bonds. The molecular formula is C27H28N4O5S. The molecule has 1 saturated carbocycles. The van der Waals surface area contributed by atoms with Crippen LogP contribution < -0.4 is 10.6 Å². The predicted molar refractivity (Wildman–Crippen MR) is 140 cm³/mol. The van der Waals surface area contributed by atoms with Gasteiger partial charge in [-0.25, -0.2) is 19.5 Å². The Hall–Kier alpha value is -3.79. The number of carbonyl (C=O) groups is 4. The fourth-order valence-electron chi connectivity index (χ4n) is 5.27. The molecule has 0 spiro atoms. The Kier molecular flexibility index (Phi) is 7.18. The summed E-state index contributed by atoms with van der Waals surface area (Å²) in [7, 11) is 0. The minimum atomic E-state index is -1.19. The molecule has 10 heteroatoms. The summed E-state index contributed by atoms with van der Waals surface area (Å²) in [6.45, 7) is 0. The van der Waals surface area contributed by atoms with Crippen LogP contribution in [-0.4, -0.2) is 50.9 Å². The molecule has 2 aliphatic rings. The van der Waals surface area contributed by atoms with E-state index in [1.165, 1.54) is 5.38 Å². The Morgan fingerprint density at radius 3 is 2.59 bits per heavy atom. The number of thiazole rings is 1. The molecule has 2 aromatic carbocycles. The number of benzene rings is 2. The van der Waals surface area contributed by atoms with Gasteiger partial charge < -0.3 is 15.7 Å². The van der Waals surface area contributed by atoms with Crippen molar-refractivity contribution in [2.75, 3.05) is 5.32 Å². The zero-order valence-corrected chi connectivity index (χ0v) is 21.0. The number of amides is 4. The van der Waals surface area contributed by atoms with Gasteiger partial charge >= 0.3 is 12.0 Å². The molecule has 37 heavy (non-hydrogen) atoms. The van der Waals surface area contributed by atoms with Gasteiger partial charge in [-0.2, -0.15) is 0 Å². The van der Waals surface area contributed by atoms with Crippen LogP contribution in [0.3, 0.4) is 0 Å². The molecule has 192 valence electrons.